The molecule has 0 aliphatic carbocycles. The molecule has 1 rings (SSSR count). The Morgan fingerprint density at radius 1 is 1.08 bits per heavy atom. The first-order valence-corrected chi connectivity index (χ1v) is 13.3. The van der Waals surface area contributed by atoms with Crippen LogP contribution in [0.5, 0.6) is 0 Å². The van der Waals surface area contributed by atoms with Crippen LogP contribution in [0, 0.1) is 0 Å². The summed E-state index contributed by atoms with van der Waals surface area (Å²) in [4.78, 5) is 0. The first-order valence-electron chi connectivity index (χ1n) is 5.24. The molecule has 0 spiro atoms. The Kier molecular flexibility index (Phi) is 3.52. The van der Waals surface area contributed by atoms with Gasteiger partial charge in [0.15, 0.2) is 0 Å². The van der Waals surface area contributed by atoms with E-state index in [1.165, 1.54) is 12.1 Å². The third-order valence-electron chi connectivity index (χ3n) is 3.19. The highest BCUT2D eigenvalue weighted by Crippen LogP contribution is 2.46. The second-order valence-corrected chi connectivity index (χ2v) is 21.5. The third-order valence-corrected chi connectivity index (χ3v) is 24.4. The Balaban J connectivity index is 2.65. The van der Waals surface area contributed by atoms with Crippen molar-refractivity contribution in [1.82, 2.24) is 0 Å². The highest BCUT2D eigenvalue weighted by molar-refractivity contribution is 8.50. The van der Waals surface area contributed by atoms with E-state index in [1.807, 2.05) is 0 Å². The lowest BCUT2D eigenvalue weighted by atomic mass is 10.6. The molecule has 12 heavy (non-hydrogen) atoms. The molecule has 0 radical (unpaired) electrons. The minimum absolute atomic E-state index is 0.788. The lowest BCUT2D eigenvalue weighted by molar-refractivity contribution is 1.00. The molecule has 0 aromatic carbocycles. The lowest BCUT2D eigenvalue weighted by Gasteiger charge is -2.41. The third kappa shape index (κ3) is 2.39. The van der Waals surface area contributed by atoms with Gasteiger partial charge in [0.05, 0.1) is 0 Å². The van der Waals surface area contributed by atoms with Crippen LogP contribution in [-0.2, 0) is 0 Å². The molecular formula is C9H22SSi2. The zero-order chi connectivity index (χ0) is 9.24. The van der Waals surface area contributed by atoms with Crippen LogP contribution >= 0.6 is 10.7 Å². The van der Waals surface area contributed by atoms with E-state index in [1.54, 1.807) is 18.5 Å². The van der Waals surface area contributed by atoms with Crippen molar-refractivity contribution < 1.29 is 0 Å². The lowest BCUT2D eigenvalue weighted by Crippen LogP contribution is -2.41. The second-order valence-electron chi connectivity index (χ2n) is 4.61. The van der Waals surface area contributed by atoms with Gasteiger partial charge in [0.2, 0.25) is 0 Å². The highest BCUT2D eigenvalue weighted by Gasteiger charge is 2.40. The quantitative estimate of drug-likeness (QED) is 0.622. The summed E-state index contributed by atoms with van der Waals surface area (Å²) in [6.45, 7) is 10.0. The van der Waals surface area contributed by atoms with Gasteiger partial charge in [-0.3, -0.25) is 0 Å². The fourth-order valence-electron chi connectivity index (χ4n) is 2.27. The van der Waals surface area contributed by atoms with Gasteiger partial charge in [-0.2, -0.15) is 0 Å². The van der Waals surface area contributed by atoms with Gasteiger partial charge in [0, 0.05) is 0 Å². The molecule has 72 valence electrons. The van der Waals surface area contributed by atoms with E-state index in [2.05, 4.69) is 37.6 Å². The predicted octanol–water partition coefficient (Wildman–Crippen LogP) is 4.31. The Bertz CT molecular complexity index is 153. The summed E-state index contributed by atoms with van der Waals surface area (Å²) in [7, 11) is 0.937. The van der Waals surface area contributed by atoms with Crippen LogP contribution in [0.4, 0.5) is 0 Å². The monoisotopic (exact) mass is 218 g/mol. The predicted molar refractivity (Wildman–Crippen MR) is 66.0 cm³/mol. The topological polar surface area (TPSA) is 0 Å². The van der Waals surface area contributed by atoms with Crippen LogP contribution in [0.25, 0.3) is 0 Å². The largest absolute Gasteiger partial charge is 0.205 e. The fraction of sp³-hybridized carbons (Fsp3) is 1.00. The molecule has 0 aromatic rings. The number of hydrogen-bond donors (Lipinski definition) is 0. The Morgan fingerprint density at radius 3 is 2.00 bits per heavy atom. The molecule has 1 heterocycles. The average molecular weight is 219 g/mol. The maximum absolute atomic E-state index is 2.57. The summed E-state index contributed by atoms with van der Waals surface area (Å²) in [5.74, 6) is 0. The SMILES string of the molecule is CC[Si]1(CC)CCC[Si](C)(C)S1. The van der Waals surface area contributed by atoms with Gasteiger partial charge in [-0.1, -0.05) is 45.5 Å². The van der Waals surface area contributed by atoms with Crippen molar-refractivity contribution in [2.75, 3.05) is 0 Å². The molecular weight excluding hydrogens is 196 g/mol. The van der Waals surface area contributed by atoms with Gasteiger partial charge in [0.1, 0.15) is 14.4 Å². The van der Waals surface area contributed by atoms with Gasteiger partial charge in [-0.05, 0) is 12.1 Å². The molecule has 1 fully saturated rings. The summed E-state index contributed by atoms with van der Waals surface area (Å²) >= 11 is 0. The van der Waals surface area contributed by atoms with Gasteiger partial charge in [-0.15, -0.1) is 0 Å². The fourth-order valence-corrected chi connectivity index (χ4v) is 28.2. The molecule has 0 unspecified atom stereocenters. The van der Waals surface area contributed by atoms with Gasteiger partial charge in [0.25, 0.3) is 0 Å². The van der Waals surface area contributed by atoms with Gasteiger partial charge in [-0.25, -0.2) is 10.7 Å². The highest BCUT2D eigenvalue weighted by atomic mass is 32.5. The summed E-state index contributed by atoms with van der Waals surface area (Å²) in [6, 6.07) is 6.22. The summed E-state index contributed by atoms with van der Waals surface area (Å²) in [5.41, 5.74) is 0. The van der Waals surface area contributed by atoms with Gasteiger partial charge >= 0.3 is 0 Å². The van der Waals surface area contributed by atoms with Crippen molar-refractivity contribution >= 4 is 25.1 Å². The van der Waals surface area contributed by atoms with Crippen molar-refractivity contribution in [2.24, 2.45) is 0 Å². The number of rotatable bonds is 2. The zero-order valence-corrected chi connectivity index (χ0v) is 11.8. The summed E-state index contributed by atoms with van der Waals surface area (Å²) in [5, 5.41) is 0. The first kappa shape index (κ1) is 10.9. The molecule has 1 aliphatic rings. The van der Waals surface area contributed by atoms with Crippen molar-refractivity contribution in [3.63, 3.8) is 0 Å². The normalized spacial score (nSPS) is 27.0. The minimum atomic E-state index is -0.789. The maximum atomic E-state index is 2.57. The van der Waals surface area contributed by atoms with Crippen molar-refractivity contribution in [3.8, 4) is 0 Å². The van der Waals surface area contributed by atoms with E-state index in [4.69, 9.17) is 0 Å². The van der Waals surface area contributed by atoms with Crippen LogP contribution in [-0.4, -0.2) is 14.4 Å². The molecule has 3 heteroatoms. The maximum Gasteiger partial charge on any atom is 0.109 e. The van der Waals surface area contributed by atoms with E-state index in [0.717, 1.165) is 0 Å². The average Bonchev–Trinajstić information content (AvgIpc) is 2.02. The van der Waals surface area contributed by atoms with E-state index in [9.17, 15) is 0 Å². The van der Waals surface area contributed by atoms with Crippen LogP contribution < -0.4 is 0 Å². The molecule has 0 atom stereocenters. The molecule has 1 saturated heterocycles. The summed E-state index contributed by atoms with van der Waals surface area (Å²) in [6.07, 6.45) is 1.56. The smallest absolute Gasteiger partial charge is 0.109 e. The van der Waals surface area contributed by atoms with Crippen LogP contribution in [0.3, 0.4) is 0 Å². The molecule has 0 saturated carbocycles. The van der Waals surface area contributed by atoms with Crippen molar-refractivity contribution in [3.05, 3.63) is 0 Å². The van der Waals surface area contributed by atoms with Crippen LogP contribution in [0.2, 0.25) is 37.3 Å². The van der Waals surface area contributed by atoms with E-state index < -0.39 is 14.4 Å². The van der Waals surface area contributed by atoms with E-state index in [0.29, 0.717) is 0 Å². The molecule has 1 aliphatic heterocycles. The Labute approximate surface area is 82.8 Å². The Morgan fingerprint density at radius 2 is 1.67 bits per heavy atom. The molecule has 0 aromatic heterocycles. The molecule has 0 bridgehead atoms. The van der Waals surface area contributed by atoms with Crippen molar-refractivity contribution in [1.29, 1.82) is 0 Å². The van der Waals surface area contributed by atoms with Crippen molar-refractivity contribution in [2.45, 2.75) is 57.5 Å². The van der Waals surface area contributed by atoms with E-state index >= 15 is 0 Å². The van der Waals surface area contributed by atoms with Crippen LogP contribution in [0.1, 0.15) is 20.3 Å². The summed E-state index contributed by atoms with van der Waals surface area (Å²) < 4.78 is 0. The molecule has 0 amide bonds. The molecule has 0 nitrogen and oxygen atoms in total. The van der Waals surface area contributed by atoms with Crippen LogP contribution in [0.15, 0.2) is 0 Å². The first-order chi connectivity index (χ1) is 5.54. The Hall–Kier alpha value is 0.784. The second kappa shape index (κ2) is 3.88. The zero-order valence-electron chi connectivity index (χ0n) is 8.94. The molecule has 0 N–H and O–H groups in total. The standard InChI is InChI=1S/C9H22SSi2/c1-5-12(6-2)9-7-8-11(3,4)10-12/h5-9H2,1-4H3. The van der Waals surface area contributed by atoms with Gasteiger partial charge < -0.3 is 0 Å². The minimum Gasteiger partial charge on any atom is -0.205 e. The number of hydrogen-bond acceptors (Lipinski definition) is 1. The van der Waals surface area contributed by atoms with E-state index in [-0.39, 0.29) is 0 Å².